The first kappa shape index (κ1) is 9.49. The van der Waals surface area contributed by atoms with Crippen molar-refractivity contribution in [1.29, 1.82) is 5.26 Å². The minimum Gasteiger partial charge on any atom is -0.392 e. The summed E-state index contributed by atoms with van der Waals surface area (Å²) in [6.45, 7) is 2.09. The number of nitriles is 1. The normalized spacial score (nSPS) is 11.8. The number of aliphatic hydroxyl groups is 1. The van der Waals surface area contributed by atoms with Gasteiger partial charge in [0.1, 0.15) is 6.07 Å². The van der Waals surface area contributed by atoms with Crippen molar-refractivity contribution in [3.8, 4) is 6.07 Å². The summed E-state index contributed by atoms with van der Waals surface area (Å²) in [5.74, 6) is 0. The first-order valence-corrected chi connectivity index (χ1v) is 4.00. The molecule has 1 unspecified atom stereocenters. The van der Waals surface area contributed by atoms with Crippen molar-refractivity contribution in [2.45, 2.75) is 13.0 Å². The Morgan fingerprint density at radius 3 is 3.15 bits per heavy atom. The van der Waals surface area contributed by atoms with E-state index in [1.165, 1.54) is 0 Å². The molecule has 4 heteroatoms. The third-order valence-electron chi connectivity index (χ3n) is 1.53. The van der Waals surface area contributed by atoms with Crippen molar-refractivity contribution in [2.75, 3.05) is 11.9 Å². The highest BCUT2D eigenvalue weighted by molar-refractivity contribution is 5.55. The number of nitrogens with one attached hydrogen (secondary N) is 1. The Morgan fingerprint density at radius 1 is 1.77 bits per heavy atom. The van der Waals surface area contributed by atoms with Gasteiger partial charge in [-0.15, -0.1) is 0 Å². The van der Waals surface area contributed by atoms with E-state index in [1.54, 1.807) is 25.4 Å². The third-order valence-corrected chi connectivity index (χ3v) is 1.53. The molecule has 0 bridgehead atoms. The van der Waals surface area contributed by atoms with Crippen molar-refractivity contribution in [3.63, 3.8) is 0 Å². The number of hydrogen-bond donors (Lipinski definition) is 2. The zero-order chi connectivity index (χ0) is 9.68. The van der Waals surface area contributed by atoms with Gasteiger partial charge in [0.25, 0.3) is 0 Å². The van der Waals surface area contributed by atoms with Crippen molar-refractivity contribution in [2.24, 2.45) is 0 Å². The molecule has 0 saturated heterocycles. The first-order valence-electron chi connectivity index (χ1n) is 4.00. The second kappa shape index (κ2) is 4.43. The largest absolute Gasteiger partial charge is 0.392 e. The topological polar surface area (TPSA) is 68.9 Å². The Morgan fingerprint density at radius 2 is 2.54 bits per heavy atom. The quantitative estimate of drug-likeness (QED) is 0.714. The summed E-state index contributed by atoms with van der Waals surface area (Å²) in [4.78, 5) is 3.88. The molecule has 0 aliphatic heterocycles. The van der Waals surface area contributed by atoms with Gasteiger partial charge in [0.2, 0.25) is 0 Å². The summed E-state index contributed by atoms with van der Waals surface area (Å²) in [5.41, 5.74) is 1.20. The Bertz CT molecular complexity index is 317. The van der Waals surface area contributed by atoms with Gasteiger partial charge in [0.05, 0.1) is 23.6 Å². The number of rotatable bonds is 3. The Kier molecular flexibility index (Phi) is 3.23. The minimum atomic E-state index is -0.438. The Balaban J connectivity index is 2.71. The summed E-state index contributed by atoms with van der Waals surface area (Å²) in [6.07, 6.45) is 2.69. The molecule has 0 radical (unpaired) electrons. The van der Waals surface area contributed by atoms with E-state index < -0.39 is 6.10 Å². The molecule has 13 heavy (non-hydrogen) atoms. The maximum atomic E-state index is 9.01. The SMILES string of the molecule is CC(O)CNc1cnccc1C#N. The van der Waals surface area contributed by atoms with E-state index in [1.807, 2.05) is 6.07 Å². The van der Waals surface area contributed by atoms with Gasteiger partial charge in [-0.2, -0.15) is 5.26 Å². The third kappa shape index (κ3) is 2.73. The van der Waals surface area contributed by atoms with Gasteiger partial charge in [-0.25, -0.2) is 0 Å². The van der Waals surface area contributed by atoms with Gasteiger partial charge in [0, 0.05) is 12.7 Å². The number of hydrogen-bond acceptors (Lipinski definition) is 4. The van der Waals surface area contributed by atoms with Crippen LogP contribution in [0.4, 0.5) is 5.69 Å². The zero-order valence-corrected chi connectivity index (χ0v) is 7.36. The van der Waals surface area contributed by atoms with E-state index in [2.05, 4.69) is 10.3 Å². The molecule has 1 heterocycles. The van der Waals surface area contributed by atoms with Gasteiger partial charge in [-0.05, 0) is 13.0 Å². The van der Waals surface area contributed by atoms with Crippen molar-refractivity contribution in [1.82, 2.24) is 4.98 Å². The predicted molar refractivity (Wildman–Crippen MR) is 49.1 cm³/mol. The molecule has 0 saturated carbocycles. The summed E-state index contributed by atoms with van der Waals surface area (Å²) >= 11 is 0. The van der Waals surface area contributed by atoms with Gasteiger partial charge < -0.3 is 10.4 Å². The Labute approximate surface area is 76.8 Å². The van der Waals surface area contributed by atoms with Crippen LogP contribution in [0.5, 0.6) is 0 Å². The van der Waals surface area contributed by atoms with Crippen LogP contribution < -0.4 is 5.32 Å². The molecule has 0 fully saturated rings. The fourth-order valence-electron chi connectivity index (χ4n) is 0.890. The molecule has 0 spiro atoms. The highest BCUT2D eigenvalue weighted by atomic mass is 16.3. The van der Waals surface area contributed by atoms with Crippen LogP contribution >= 0.6 is 0 Å². The summed E-state index contributed by atoms with van der Waals surface area (Å²) < 4.78 is 0. The van der Waals surface area contributed by atoms with Crippen molar-refractivity contribution >= 4 is 5.69 Å². The van der Waals surface area contributed by atoms with E-state index in [4.69, 9.17) is 10.4 Å². The van der Waals surface area contributed by atoms with E-state index >= 15 is 0 Å². The van der Waals surface area contributed by atoms with E-state index in [0.717, 1.165) is 0 Å². The molecule has 1 atom stereocenters. The van der Waals surface area contributed by atoms with Crippen LogP contribution in [0, 0.1) is 11.3 Å². The summed E-state index contributed by atoms with van der Waals surface area (Å²) in [6, 6.07) is 3.66. The van der Waals surface area contributed by atoms with E-state index in [-0.39, 0.29) is 0 Å². The van der Waals surface area contributed by atoms with Crippen LogP contribution in [0.1, 0.15) is 12.5 Å². The molecule has 0 aliphatic rings. The van der Waals surface area contributed by atoms with Crippen LogP contribution in [-0.4, -0.2) is 22.7 Å². The number of aromatic nitrogens is 1. The van der Waals surface area contributed by atoms with Crippen molar-refractivity contribution in [3.05, 3.63) is 24.0 Å². The van der Waals surface area contributed by atoms with Crippen LogP contribution in [0.3, 0.4) is 0 Å². The van der Waals surface area contributed by atoms with Gasteiger partial charge >= 0.3 is 0 Å². The lowest BCUT2D eigenvalue weighted by Crippen LogP contribution is -2.15. The molecule has 0 aliphatic carbocycles. The lowest BCUT2D eigenvalue weighted by atomic mass is 10.2. The average molecular weight is 177 g/mol. The molecular formula is C9H11N3O. The van der Waals surface area contributed by atoms with Crippen LogP contribution in [0.15, 0.2) is 18.5 Å². The maximum absolute atomic E-state index is 9.01. The number of pyridine rings is 1. The number of nitrogens with zero attached hydrogens (tertiary/aromatic N) is 2. The predicted octanol–water partition coefficient (Wildman–Crippen LogP) is 0.746. The highest BCUT2D eigenvalue weighted by Crippen LogP contribution is 2.11. The van der Waals surface area contributed by atoms with E-state index in [0.29, 0.717) is 17.8 Å². The Hall–Kier alpha value is -1.60. The summed E-state index contributed by atoms with van der Waals surface area (Å²) in [5, 5.41) is 20.6. The second-order valence-corrected chi connectivity index (χ2v) is 2.76. The van der Waals surface area contributed by atoms with Crippen LogP contribution in [0.25, 0.3) is 0 Å². The highest BCUT2D eigenvalue weighted by Gasteiger charge is 2.01. The first-order chi connectivity index (χ1) is 6.24. The van der Waals surface area contributed by atoms with E-state index in [9.17, 15) is 0 Å². The number of anilines is 1. The molecule has 2 N–H and O–H groups in total. The van der Waals surface area contributed by atoms with Crippen molar-refractivity contribution < 1.29 is 5.11 Å². The lowest BCUT2D eigenvalue weighted by molar-refractivity contribution is 0.208. The van der Waals surface area contributed by atoms with Gasteiger partial charge in [0.15, 0.2) is 0 Å². The molecule has 0 aromatic carbocycles. The fourth-order valence-corrected chi connectivity index (χ4v) is 0.890. The monoisotopic (exact) mass is 177 g/mol. The molecule has 1 aromatic heterocycles. The summed E-state index contributed by atoms with van der Waals surface area (Å²) in [7, 11) is 0. The average Bonchev–Trinajstić information content (AvgIpc) is 2.15. The standard InChI is InChI=1S/C9H11N3O/c1-7(13)5-12-9-6-11-3-2-8(9)4-10/h2-3,6-7,12-13H,5H2,1H3. The maximum Gasteiger partial charge on any atom is 0.101 e. The molecule has 1 rings (SSSR count). The lowest BCUT2D eigenvalue weighted by Gasteiger charge is -2.08. The smallest absolute Gasteiger partial charge is 0.101 e. The molecule has 1 aromatic rings. The second-order valence-electron chi connectivity index (χ2n) is 2.76. The fraction of sp³-hybridized carbons (Fsp3) is 0.333. The zero-order valence-electron chi connectivity index (χ0n) is 7.36. The van der Waals surface area contributed by atoms with Crippen LogP contribution in [-0.2, 0) is 0 Å². The van der Waals surface area contributed by atoms with Crippen LogP contribution in [0.2, 0.25) is 0 Å². The molecule has 68 valence electrons. The van der Waals surface area contributed by atoms with Gasteiger partial charge in [-0.3, -0.25) is 4.98 Å². The minimum absolute atomic E-state index is 0.417. The molecule has 0 amide bonds. The molecule has 4 nitrogen and oxygen atoms in total. The molecular weight excluding hydrogens is 166 g/mol. The van der Waals surface area contributed by atoms with Gasteiger partial charge in [-0.1, -0.05) is 0 Å². The number of aliphatic hydroxyl groups excluding tert-OH is 1.